The predicted octanol–water partition coefficient (Wildman–Crippen LogP) is 1.40. The minimum atomic E-state index is -0.105. The highest BCUT2D eigenvalue weighted by Crippen LogP contribution is 2.17. The third kappa shape index (κ3) is 6.53. The van der Waals surface area contributed by atoms with E-state index in [4.69, 9.17) is 0 Å². The molecule has 0 aromatic carbocycles. The molecule has 0 aromatic heterocycles. The number of piperidine rings is 1. The lowest BCUT2D eigenvalue weighted by molar-refractivity contribution is 0.162. The fourth-order valence-electron chi connectivity index (χ4n) is 2.96. The second-order valence-electron chi connectivity index (χ2n) is 6.93. The molecule has 1 heterocycles. The average Bonchev–Trinajstić information content (AvgIpc) is 2.46. The molecule has 1 atom stereocenters. The molecule has 1 aliphatic heterocycles. The van der Waals surface area contributed by atoms with Crippen LogP contribution in [-0.2, 0) is 0 Å². The van der Waals surface area contributed by atoms with Crippen molar-refractivity contribution in [1.29, 1.82) is 0 Å². The van der Waals surface area contributed by atoms with E-state index in [0.717, 1.165) is 12.3 Å². The molecular formula is C16H35N3O. The maximum Gasteiger partial charge on any atom is 0.0610 e. The number of nitrogens with zero attached hydrogens (tertiary/aromatic N) is 2. The molecule has 4 heteroatoms. The number of aliphatic hydroxyl groups is 1. The fraction of sp³-hybridized carbons (Fsp3) is 1.00. The zero-order valence-corrected chi connectivity index (χ0v) is 14.0. The smallest absolute Gasteiger partial charge is 0.0610 e. The van der Waals surface area contributed by atoms with Crippen LogP contribution in [0.3, 0.4) is 0 Å². The van der Waals surface area contributed by atoms with E-state index in [9.17, 15) is 5.11 Å². The van der Waals surface area contributed by atoms with E-state index in [1.165, 1.54) is 51.9 Å². The number of hydrogen-bond donors (Lipinski definition) is 2. The standard InChI is InChI=1S/C16H35N3O/c1-16(14-20,17-2)9-5-6-10-19(4)13-15-7-11-18(3)12-8-15/h15,17,20H,5-14H2,1-4H3. The van der Waals surface area contributed by atoms with Gasteiger partial charge in [-0.1, -0.05) is 6.42 Å². The summed E-state index contributed by atoms with van der Waals surface area (Å²) in [5, 5.41) is 12.6. The number of likely N-dealkylation sites (N-methyl/N-ethyl adjacent to an activating group) is 1. The van der Waals surface area contributed by atoms with Gasteiger partial charge in [0.1, 0.15) is 0 Å². The summed E-state index contributed by atoms with van der Waals surface area (Å²) in [5.41, 5.74) is -0.105. The van der Waals surface area contributed by atoms with Crippen LogP contribution in [0.5, 0.6) is 0 Å². The van der Waals surface area contributed by atoms with E-state index in [1.54, 1.807) is 0 Å². The van der Waals surface area contributed by atoms with Crippen LogP contribution >= 0.6 is 0 Å². The lowest BCUT2D eigenvalue weighted by Gasteiger charge is -2.32. The SMILES string of the molecule is CNC(C)(CO)CCCCN(C)CC1CCN(C)CC1. The number of likely N-dealkylation sites (tertiary alicyclic amines) is 1. The summed E-state index contributed by atoms with van der Waals surface area (Å²) < 4.78 is 0. The van der Waals surface area contributed by atoms with Crippen molar-refractivity contribution in [3.63, 3.8) is 0 Å². The third-order valence-corrected chi connectivity index (χ3v) is 4.88. The molecule has 0 aliphatic carbocycles. The fourth-order valence-corrected chi connectivity index (χ4v) is 2.96. The Bertz CT molecular complexity index is 248. The lowest BCUT2D eigenvalue weighted by Crippen LogP contribution is -2.43. The molecule has 0 spiro atoms. The molecule has 120 valence electrons. The molecule has 0 amide bonds. The largest absolute Gasteiger partial charge is 0.394 e. The summed E-state index contributed by atoms with van der Waals surface area (Å²) in [5.74, 6) is 0.885. The van der Waals surface area contributed by atoms with Crippen molar-refractivity contribution in [3.8, 4) is 0 Å². The van der Waals surface area contributed by atoms with Crippen molar-refractivity contribution in [2.45, 2.75) is 44.6 Å². The topological polar surface area (TPSA) is 38.7 Å². The summed E-state index contributed by atoms with van der Waals surface area (Å²) in [6, 6.07) is 0. The number of nitrogens with one attached hydrogen (secondary N) is 1. The highest BCUT2D eigenvalue weighted by atomic mass is 16.3. The number of rotatable bonds is 9. The molecule has 1 unspecified atom stereocenters. The molecule has 1 saturated heterocycles. The van der Waals surface area contributed by atoms with Gasteiger partial charge in [0.05, 0.1) is 6.61 Å². The average molecular weight is 285 g/mol. The third-order valence-electron chi connectivity index (χ3n) is 4.88. The first-order valence-electron chi connectivity index (χ1n) is 8.16. The van der Waals surface area contributed by atoms with Gasteiger partial charge in [-0.25, -0.2) is 0 Å². The van der Waals surface area contributed by atoms with Crippen molar-refractivity contribution in [2.24, 2.45) is 5.92 Å². The Balaban J connectivity index is 2.09. The molecule has 0 aromatic rings. The Morgan fingerprint density at radius 3 is 2.50 bits per heavy atom. The second kappa shape index (κ2) is 8.98. The molecular weight excluding hydrogens is 250 g/mol. The predicted molar refractivity (Wildman–Crippen MR) is 86.1 cm³/mol. The van der Waals surface area contributed by atoms with Gasteiger partial charge < -0.3 is 20.2 Å². The van der Waals surface area contributed by atoms with E-state index in [2.05, 4.69) is 36.1 Å². The zero-order valence-electron chi connectivity index (χ0n) is 14.0. The highest BCUT2D eigenvalue weighted by Gasteiger charge is 2.20. The molecule has 1 aliphatic rings. The van der Waals surface area contributed by atoms with Gasteiger partial charge in [0.25, 0.3) is 0 Å². The Kier molecular flexibility index (Phi) is 8.03. The van der Waals surface area contributed by atoms with Crippen LogP contribution in [0.25, 0.3) is 0 Å². The van der Waals surface area contributed by atoms with Crippen LogP contribution in [0.4, 0.5) is 0 Å². The second-order valence-corrected chi connectivity index (χ2v) is 6.93. The molecule has 4 nitrogen and oxygen atoms in total. The molecule has 1 rings (SSSR count). The normalized spacial score (nSPS) is 21.3. The maximum absolute atomic E-state index is 9.35. The number of aliphatic hydroxyl groups excluding tert-OH is 1. The van der Waals surface area contributed by atoms with Crippen molar-refractivity contribution < 1.29 is 5.11 Å². The molecule has 2 N–H and O–H groups in total. The number of unbranched alkanes of at least 4 members (excludes halogenated alkanes) is 1. The van der Waals surface area contributed by atoms with E-state index in [1.807, 2.05) is 7.05 Å². The van der Waals surface area contributed by atoms with E-state index >= 15 is 0 Å². The molecule has 1 fully saturated rings. The van der Waals surface area contributed by atoms with Crippen LogP contribution in [0.1, 0.15) is 39.0 Å². The van der Waals surface area contributed by atoms with Gasteiger partial charge in [0, 0.05) is 12.1 Å². The monoisotopic (exact) mass is 285 g/mol. The molecule has 20 heavy (non-hydrogen) atoms. The Morgan fingerprint density at radius 1 is 1.30 bits per heavy atom. The first-order chi connectivity index (χ1) is 9.49. The minimum absolute atomic E-state index is 0.105. The van der Waals surface area contributed by atoms with Gasteiger partial charge >= 0.3 is 0 Å². The lowest BCUT2D eigenvalue weighted by atomic mass is 9.95. The highest BCUT2D eigenvalue weighted by molar-refractivity contribution is 4.80. The van der Waals surface area contributed by atoms with Crippen LogP contribution in [0.2, 0.25) is 0 Å². The maximum atomic E-state index is 9.35. The van der Waals surface area contributed by atoms with Gasteiger partial charge in [-0.05, 0) is 79.3 Å². The van der Waals surface area contributed by atoms with Crippen LogP contribution in [-0.4, -0.2) is 74.4 Å². The van der Waals surface area contributed by atoms with Crippen molar-refractivity contribution in [2.75, 3.05) is 53.9 Å². The first kappa shape index (κ1) is 17.9. The minimum Gasteiger partial charge on any atom is -0.394 e. The van der Waals surface area contributed by atoms with E-state index in [-0.39, 0.29) is 12.1 Å². The molecule has 0 bridgehead atoms. The first-order valence-corrected chi connectivity index (χ1v) is 8.16. The number of hydrogen-bond acceptors (Lipinski definition) is 4. The van der Waals surface area contributed by atoms with Crippen molar-refractivity contribution >= 4 is 0 Å². The van der Waals surface area contributed by atoms with Crippen LogP contribution in [0, 0.1) is 5.92 Å². The van der Waals surface area contributed by atoms with Crippen molar-refractivity contribution in [3.05, 3.63) is 0 Å². The summed E-state index contributed by atoms with van der Waals surface area (Å²) in [4.78, 5) is 4.93. The van der Waals surface area contributed by atoms with Gasteiger partial charge in [-0.15, -0.1) is 0 Å². The van der Waals surface area contributed by atoms with Gasteiger partial charge in [0.15, 0.2) is 0 Å². The summed E-state index contributed by atoms with van der Waals surface area (Å²) >= 11 is 0. The molecule has 0 radical (unpaired) electrons. The Labute approximate surface area is 125 Å². The van der Waals surface area contributed by atoms with Crippen LogP contribution in [0.15, 0.2) is 0 Å². The Morgan fingerprint density at radius 2 is 1.95 bits per heavy atom. The van der Waals surface area contributed by atoms with Crippen LogP contribution < -0.4 is 5.32 Å². The zero-order chi connectivity index (χ0) is 15.0. The summed E-state index contributed by atoms with van der Waals surface area (Å²) in [6.07, 6.45) is 6.14. The Hall–Kier alpha value is -0.160. The van der Waals surface area contributed by atoms with Gasteiger partial charge in [-0.3, -0.25) is 0 Å². The van der Waals surface area contributed by atoms with E-state index in [0.29, 0.717) is 0 Å². The van der Waals surface area contributed by atoms with E-state index < -0.39 is 0 Å². The summed E-state index contributed by atoms with van der Waals surface area (Å²) in [6.45, 7) is 7.25. The summed E-state index contributed by atoms with van der Waals surface area (Å²) in [7, 11) is 6.41. The molecule has 0 saturated carbocycles. The van der Waals surface area contributed by atoms with Crippen molar-refractivity contribution in [1.82, 2.24) is 15.1 Å². The van der Waals surface area contributed by atoms with Gasteiger partial charge in [-0.2, -0.15) is 0 Å². The quantitative estimate of drug-likeness (QED) is 0.628. The van der Waals surface area contributed by atoms with Gasteiger partial charge in [0.2, 0.25) is 0 Å².